The lowest BCUT2D eigenvalue weighted by Gasteiger charge is -2.20. The van der Waals surface area contributed by atoms with E-state index < -0.39 is 0 Å². The van der Waals surface area contributed by atoms with Gasteiger partial charge in [-0.05, 0) is 43.7 Å². The zero-order valence-electron chi connectivity index (χ0n) is 19.5. The highest BCUT2D eigenvalue weighted by Crippen LogP contribution is 2.33. The van der Waals surface area contributed by atoms with Gasteiger partial charge in [-0.3, -0.25) is 14.5 Å². The molecule has 1 amide bonds. The third-order valence-electron chi connectivity index (χ3n) is 5.75. The minimum absolute atomic E-state index is 0.240. The number of esters is 1. The van der Waals surface area contributed by atoms with Crippen molar-refractivity contribution < 1.29 is 19.1 Å². The van der Waals surface area contributed by atoms with Crippen molar-refractivity contribution >= 4 is 55.9 Å². The van der Waals surface area contributed by atoms with Crippen molar-refractivity contribution in [3.8, 4) is 5.75 Å². The predicted octanol–water partition coefficient (Wildman–Crippen LogP) is 4.28. The molecule has 182 valence electrons. The summed E-state index contributed by atoms with van der Waals surface area (Å²) in [7, 11) is 2.93. The zero-order chi connectivity index (χ0) is 24.8. The summed E-state index contributed by atoms with van der Waals surface area (Å²) in [4.78, 5) is 35.3. The molecule has 2 N–H and O–H groups in total. The molecule has 0 saturated carbocycles. The van der Waals surface area contributed by atoms with Gasteiger partial charge in [0.2, 0.25) is 5.91 Å². The topological polar surface area (TPSA) is 106 Å². The van der Waals surface area contributed by atoms with E-state index in [0.717, 1.165) is 34.9 Å². The van der Waals surface area contributed by atoms with Gasteiger partial charge in [0, 0.05) is 34.2 Å². The Morgan fingerprint density at radius 2 is 2.09 bits per heavy atom. The van der Waals surface area contributed by atoms with E-state index in [2.05, 4.69) is 36.5 Å². The molecule has 1 aromatic heterocycles. The first-order valence-electron chi connectivity index (χ1n) is 11.1. The number of ether oxygens (including phenoxy) is 2. The number of anilines is 3. The molecule has 1 fully saturated rings. The molecule has 1 aliphatic rings. The molecule has 0 spiro atoms. The average Bonchev–Trinajstić information content (AvgIpc) is 3.32. The first-order chi connectivity index (χ1) is 17.0. The van der Waals surface area contributed by atoms with Crippen LogP contribution in [0.3, 0.4) is 0 Å². The Morgan fingerprint density at radius 1 is 1.23 bits per heavy atom. The number of hydrogen-bond donors (Lipinski definition) is 2. The fraction of sp³-hybridized carbons (Fsp3) is 0.280. The summed E-state index contributed by atoms with van der Waals surface area (Å²) in [5, 5.41) is 6.90. The minimum atomic E-state index is -0.310. The molecule has 1 aliphatic heterocycles. The SMILES string of the molecule is COC(=O)C1CCCN1CC=CC(=O)Nc1cc2c(Nc3cccc(Br)c3)ncnc2cc1OC. The number of benzene rings is 2. The molecular formula is C25H26BrN5O4. The van der Waals surface area contributed by atoms with Crippen molar-refractivity contribution in [1.82, 2.24) is 14.9 Å². The largest absolute Gasteiger partial charge is 0.494 e. The quantitative estimate of drug-likeness (QED) is 0.322. The minimum Gasteiger partial charge on any atom is -0.494 e. The molecule has 1 unspecified atom stereocenters. The Labute approximate surface area is 211 Å². The third-order valence-corrected chi connectivity index (χ3v) is 6.24. The maximum absolute atomic E-state index is 12.7. The molecule has 3 aromatic rings. The van der Waals surface area contributed by atoms with Crippen LogP contribution in [0.5, 0.6) is 5.75 Å². The molecule has 0 aliphatic carbocycles. The van der Waals surface area contributed by atoms with E-state index in [1.54, 1.807) is 18.2 Å². The summed E-state index contributed by atoms with van der Waals surface area (Å²) in [5.74, 6) is 0.534. The lowest BCUT2D eigenvalue weighted by atomic mass is 10.1. The number of amides is 1. The number of fused-ring (bicyclic) bond motifs is 1. The highest BCUT2D eigenvalue weighted by molar-refractivity contribution is 9.10. The fourth-order valence-corrected chi connectivity index (χ4v) is 4.47. The van der Waals surface area contributed by atoms with E-state index in [1.807, 2.05) is 29.2 Å². The number of carbonyl (C=O) groups is 2. The fourth-order valence-electron chi connectivity index (χ4n) is 4.07. The maximum Gasteiger partial charge on any atom is 0.323 e. The summed E-state index contributed by atoms with van der Waals surface area (Å²) >= 11 is 3.47. The van der Waals surface area contributed by atoms with E-state index in [4.69, 9.17) is 9.47 Å². The number of methoxy groups -OCH3 is 2. The summed E-state index contributed by atoms with van der Waals surface area (Å²) in [6.07, 6.45) is 6.36. The first kappa shape index (κ1) is 24.6. The molecule has 1 saturated heterocycles. The highest BCUT2D eigenvalue weighted by Gasteiger charge is 2.30. The predicted molar refractivity (Wildman–Crippen MR) is 138 cm³/mol. The van der Waals surface area contributed by atoms with Crippen LogP contribution in [-0.4, -0.2) is 60.1 Å². The second-order valence-corrected chi connectivity index (χ2v) is 8.91. The van der Waals surface area contributed by atoms with E-state index in [9.17, 15) is 9.59 Å². The first-order valence-corrected chi connectivity index (χ1v) is 11.9. The second-order valence-electron chi connectivity index (χ2n) is 8.00. The van der Waals surface area contributed by atoms with Crippen LogP contribution in [0.25, 0.3) is 10.9 Å². The van der Waals surface area contributed by atoms with E-state index in [-0.39, 0.29) is 17.9 Å². The number of aromatic nitrogens is 2. The van der Waals surface area contributed by atoms with Gasteiger partial charge in [-0.1, -0.05) is 28.1 Å². The van der Waals surface area contributed by atoms with Crippen LogP contribution in [0.2, 0.25) is 0 Å². The molecule has 0 radical (unpaired) electrons. The van der Waals surface area contributed by atoms with E-state index in [0.29, 0.717) is 29.3 Å². The van der Waals surface area contributed by atoms with Crippen LogP contribution in [0, 0.1) is 0 Å². The van der Waals surface area contributed by atoms with Crippen LogP contribution in [0.1, 0.15) is 12.8 Å². The summed E-state index contributed by atoms with van der Waals surface area (Å²) in [5.41, 5.74) is 2.03. The molecule has 0 bridgehead atoms. The summed E-state index contributed by atoms with van der Waals surface area (Å²) < 4.78 is 11.3. The Balaban J connectivity index is 1.51. The third kappa shape index (κ3) is 5.95. The van der Waals surface area contributed by atoms with Gasteiger partial charge in [-0.25, -0.2) is 9.97 Å². The van der Waals surface area contributed by atoms with Crippen molar-refractivity contribution in [1.29, 1.82) is 0 Å². The number of carbonyl (C=O) groups excluding carboxylic acids is 2. The molecule has 35 heavy (non-hydrogen) atoms. The molecule has 1 atom stereocenters. The van der Waals surface area contributed by atoms with Gasteiger partial charge in [0.15, 0.2) is 0 Å². The summed E-state index contributed by atoms with van der Waals surface area (Å²) in [6, 6.07) is 11.0. The number of nitrogens with zero attached hydrogens (tertiary/aromatic N) is 3. The molecule has 4 rings (SSSR count). The van der Waals surface area contributed by atoms with Gasteiger partial charge in [-0.2, -0.15) is 0 Å². The van der Waals surface area contributed by atoms with Gasteiger partial charge in [0.1, 0.15) is 23.9 Å². The number of hydrogen-bond acceptors (Lipinski definition) is 8. The Morgan fingerprint density at radius 3 is 2.86 bits per heavy atom. The molecular weight excluding hydrogens is 514 g/mol. The van der Waals surface area contributed by atoms with Crippen molar-refractivity contribution in [2.24, 2.45) is 0 Å². The Bertz CT molecular complexity index is 1270. The molecule has 2 aromatic carbocycles. The van der Waals surface area contributed by atoms with Gasteiger partial charge in [-0.15, -0.1) is 0 Å². The Kier molecular flexibility index (Phi) is 7.94. The number of nitrogens with one attached hydrogen (secondary N) is 2. The van der Waals surface area contributed by atoms with Gasteiger partial charge < -0.3 is 20.1 Å². The van der Waals surface area contributed by atoms with E-state index in [1.165, 1.54) is 26.6 Å². The number of rotatable bonds is 8. The number of likely N-dealkylation sites (tertiary alicyclic amines) is 1. The van der Waals surface area contributed by atoms with Crippen molar-refractivity contribution in [3.63, 3.8) is 0 Å². The van der Waals surface area contributed by atoms with Crippen LogP contribution in [0.15, 0.2) is 59.4 Å². The number of halogens is 1. The highest BCUT2D eigenvalue weighted by atomic mass is 79.9. The standard InChI is InChI=1S/C25H26BrN5O4/c1-34-22-14-19-18(24(28-15-27-19)29-17-7-3-6-16(26)12-17)13-20(22)30-23(32)9-5-11-31-10-4-8-21(31)25(33)35-2/h3,5-7,9,12-15,21H,4,8,10-11H2,1-2H3,(H,30,32)(H,27,28,29). The summed E-state index contributed by atoms with van der Waals surface area (Å²) in [6.45, 7) is 1.27. The monoisotopic (exact) mass is 539 g/mol. The van der Waals surface area contributed by atoms with Crippen LogP contribution in [0.4, 0.5) is 17.2 Å². The second kappa shape index (κ2) is 11.3. The average molecular weight is 540 g/mol. The van der Waals surface area contributed by atoms with Crippen molar-refractivity contribution in [2.75, 3.05) is 37.9 Å². The smallest absolute Gasteiger partial charge is 0.323 e. The van der Waals surface area contributed by atoms with Crippen LogP contribution < -0.4 is 15.4 Å². The van der Waals surface area contributed by atoms with Crippen molar-refractivity contribution in [2.45, 2.75) is 18.9 Å². The van der Waals surface area contributed by atoms with E-state index >= 15 is 0 Å². The van der Waals surface area contributed by atoms with Crippen LogP contribution in [-0.2, 0) is 14.3 Å². The molecule has 2 heterocycles. The maximum atomic E-state index is 12.7. The van der Waals surface area contributed by atoms with Gasteiger partial charge in [0.25, 0.3) is 0 Å². The Hall–Kier alpha value is -3.50. The van der Waals surface area contributed by atoms with Gasteiger partial charge in [0.05, 0.1) is 25.4 Å². The lowest BCUT2D eigenvalue weighted by Crippen LogP contribution is -2.36. The molecule has 9 nitrogen and oxygen atoms in total. The lowest BCUT2D eigenvalue weighted by molar-refractivity contribution is -0.145. The van der Waals surface area contributed by atoms with Crippen LogP contribution >= 0.6 is 15.9 Å². The van der Waals surface area contributed by atoms with Crippen molar-refractivity contribution in [3.05, 3.63) is 59.4 Å². The normalized spacial score (nSPS) is 15.9. The molecule has 10 heteroatoms. The zero-order valence-corrected chi connectivity index (χ0v) is 21.0. The van der Waals surface area contributed by atoms with Gasteiger partial charge >= 0.3 is 5.97 Å².